The first-order chi connectivity index (χ1) is 8.60. The lowest BCUT2D eigenvalue weighted by molar-refractivity contribution is 0.300. The summed E-state index contributed by atoms with van der Waals surface area (Å²) in [6.45, 7) is 7.45. The third-order valence-corrected chi connectivity index (χ3v) is 2.84. The van der Waals surface area contributed by atoms with Crippen LogP contribution in [0, 0.1) is 11.6 Å². The quantitative estimate of drug-likeness (QED) is 0.738. The summed E-state index contributed by atoms with van der Waals surface area (Å²) in [7, 11) is 0. The van der Waals surface area contributed by atoms with Crippen molar-refractivity contribution in [2.45, 2.75) is 20.3 Å². The summed E-state index contributed by atoms with van der Waals surface area (Å²) >= 11 is 0. The molecule has 0 bridgehead atoms. The van der Waals surface area contributed by atoms with Crippen molar-refractivity contribution in [3.05, 3.63) is 23.8 Å². The van der Waals surface area contributed by atoms with Gasteiger partial charge < -0.3 is 16.0 Å². The molecule has 0 saturated heterocycles. The molecule has 0 fully saturated rings. The van der Waals surface area contributed by atoms with Gasteiger partial charge in [-0.2, -0.15) is 0 Å². The minimum absolute atomic E-state index is 0.0579. The second kappa shape index (κ2) is 7.16. The van der Waals surface area contributed by atoms with Crippen LogP contribution in [0.15, 0.2) is 12.1 Å². The Morgan fingerprint density at radius 1 is 1.22 bits per heavy atom. The first-order valence-electron chi connectivity index (χ1n) is 6.29. The van der Waals surface area contributed by atoms with Gasteiger partial charge in [0.15, 0.2) is 11.6 Å². The number of benzene rings is 1. The minimum atomic E-state index is -0.909. The van der Waals surface area contributed by atoms with Crippen LogP contribution in [0.2, 0.25) is 0 Å². The van der Waals surface area contributed by atoms with Crippen molar-refractivity contribution in [3.8, 4) is 0 Å². The van der Waals surface area contributed by atoms with Gasteiger partial charge in [0, 0.05) is 13.1 Å². The molecule has 1 aromatic carbocycles. The number of halogens is 2. The molecule has 0 heterocycles. The molecule has 0 saturated carbocycles. The van der Waals surface area contributed by atoms with E-state index >= 15 is 0 Å². The molecule has 0 aliphatic rings. The Kier molecular flexibility index (Phi) is 5.85. The topological polar surface area (TPSA) is 41.3 Å². The lowest BCUT2D eigenvalue weighted by Crippen LogP contribution is -2.30. The fourth-order valence-electron chi connectivity index (χ4n) is 1.83. The van der Waals surface area contributed by atoms with Crippen LogP contribution >= 0.6 is 0 Å². The molecule has 0 aromatic heterocycles. The van der Waals surface area contributed by atoms with Crippen molar-refractivity contribution in [1.29, 1.82) is 0 Å². The van der Waals surface area contributed by atoms with E-state index in [1.54, 1.807) is 0 Å². The number of nitrogens with zero attached hydrogens (tertiary/aromatic N) is 1. The fourth-order valence-corrected chi connectivity index (χ4v) is 1.83. The zero-order valence-corrected chi connectivity index (χ0v) is 11.0. The third kappa shape index (κ3) is 3.84. The van der Waals surface area contributed by atoms with Gasteiger partial charge in [-0.05, 0) is 31.6 Å². The second-order valence-electron chi connectivity index (χ2n) is 4.19. The normalized spacial score (nSPS) is 10.9. The van der Waals surface area contributed by atoms with Crippen molar-refractivity contribution in [1.82, 2.24) is 4.90 Å². The van der Waals surface area contributed by atoms with Gasteiger partial charge in [0.2, 0.25) is 0 Å². The summed E-state index contributed by atoms with van der Waals surface area (Å²) in [4.78, 5) is 2.24. The lowest BCUT2D eigenvalue weighted by Gasteiger charge is -2.20. The summed E-state index contributed by atoms with van der Waals surface area (Å²) in [5.41, 5.74) is 5.90. The van der Waals surface area contributed by atoms with Crippen molar-refractivity contribution >= 4 is 11.4 Å². The Morgan fingerprint density at radius 2 is 1.94 bits per heavy atom. The van der Waals surface area contributed by atoms with Crippen LogP contribution < -0.4 is 11.1 Å². The highest BCUT2D eigenvalue weighted by molar-refractivity contribution is 5.66. The van der Waals surface area contributed by atoms with Crippen LogP contribution in [0.5, 0.6) is 0 Å². The van der Waals surface area contributed by atoms with E-state index in [1.807, 2.05) is 0 Å². The van der Waals surface area contributed by atoms with Crippen LogP contribution in [-0.4, -0.2) is 31.1 Å². The molecule has 0 atom stereocenters. The largest absolute Gasteiger partial charge is 0.397 e. The van der Waals surface area contributed by atoms with E-state index in [0.29, 0.717) is 6.54 Å². The molecule has 0 amide bonds. The fraction of sp³-hybridized carbons (Fsp3) is 0.538. The maximum absolute atomic E-state index is 13.5. The Balaban J connectivity index is 2.56. The van der Waals surface area contributed by atoms with Crippen LogP contribution in [0.1, 0.15) is 20.3 Å². The summed E-state index contributed by atoms with van der Waals surface area (Å²) in [6, 6.07) is 2.40. The molecule has 102 valence electrons. The van der Waals surface area contributed by atoms with Gasteiger partial charge in [-0.1, -0.05) is 13.8 Å². The number of nitrogen functional groups attached to an aromatic ring is 1. The Labute approximate surface area is 107 Å². The van der Waals surface area contributed by atoms with Crippen molar-refractivity contribution in [2.24, 2.45) is 0 Å². The van der Waals surface area contributed by atoms with Gasteiger partial charge in [-0.3, -0.25) is 0 Å². The lowest BCUT2D eigenvalue weighted by atomic mass is 10.2. The van der Waals surface area contributed by atoms with Gasteiger partial charge in [-0.15, -0.1) is 0 Å². The van der Waals surface area contributed by atoms with Crippen molar-refractivity contribution in [2.75, 3.05) is 37.2 Å². The number of anilines is 2. The summed E-state index contributed by atoms with van der Waals surface area (Å²) in [5.74, 6) is -1.79. The van der Waals surface area contributed by atoms with Crippen LogP contribution in [0.3, 0.4) is 0 Å². The Morgan fingerprint density at radius 3 is 2.56 bits per heavy atom. The standard InChI is InChI=1S/C13H21F2N3/c1-3-8-18(4-2)9-7-17-13-11(16)6-5-10(14)12(13)15/h5-6,17H,3-4,7-9,16H2,1-2H3. The van der Waals surface area contributed by atoms with E-state index in [4.69, 9.17) is 5.73 Å². The third-order valence-electron chi connectivity index (χ3n) is 2.84. The Bertz CT molecular complexity index is 383. The number of rotatable bonds is 7. The van der Waals surface area contributed by atoms with Gasteiger partial charge >= 0.3 is 0 Å². The van der Waals surface area contributed by atoms with Gasteiger partial charge in [-0.25, -0.2) is 8.78 Å². The summed E-state index contributed by atoms with van der Waals surface area (Å²) in [5, 5.41) is 2.86. The van der Waals surface area contributed by atoms with Crippen molar-refractivity contribution in [3.63, 3.8) is 0 Å². The molecule has 1 aromatic rings. The average Bonchev–Trinajstić information content (AvgIpc) is 2.37. The zero-order valence-electron chi connectivity index (χ0n) is 11.0. The number of hydrogen-bond donors (Lipinski definition) is 2. The van der Waals surface area contributed by atoms with Gasteiger partial charge in [0.25, 0.3) is 0 Å². The van der Waals surface area contributed by atoms with Crippen LogP contribution in [-0.2, 0) is 0 Å². The van der Waals surface area contributed by atoms with E-state index < -0.39 is 11.6 Å². The number of likely N-dealkylation sites (N-methyl/N-ethyl adjacent to an activating group) is 1. The van der Waals surface area contributed by atoms with Gasteiger partial charge in [0.1, 0.15) is 0 Å². The van der Waals surface area contributed by atoms with Crippen molar-refractivity contribution < 1.29 is 8.78 Å². The SMILES string of the molecule is CCCN(CC)CCNc1c(N)ccc(F)c1F. The molecule has 0 spiro atoms. The number of nitrogens with one attached hydrogen (secondary N) is 1. The predicted octanol–water partition coefficient (Wildman–Crippen LogP) is 2.69. The van der Waals surface area contributed by atoms with E-state index in [1.165, 1.54) is 6.07 Å². The summed E-state index contributed by atoms with van der Waals surface area (Å²) in [6.07, 6.45) is 1.07. The van der Waals surface area contributed by atoms with Gasteiger partial charge in [0.05, 0.1) is 11.4 Å². The molecule has 18 heavy (non-hydrogen) atoms. The van der Waals surface area contributed by atoms with Crippen LogP contribution in [0.25, 0.3) is 0 Å². The minimum Gasteiger partial charge on any atom is -0.397 e. The molecule has 0 aliphatic carbocycles. The molecular weight excluding hydrogens is 236 g/mol. The molecule has 1 rings (SSSR count). The predicted molar refractivity (Wildman–Crippen MR) is 71.7 cm³/mol. The van der Waals surface area contributed by atoms with E-state index in [9.17, 15) is 8.78 Å². The highest BCUT2D eigenvalue weighted by Crippen LogP contribution is 2.24. The monoisotopic (exact) mass is 257 g/mol. The van der Waals surface area contributed by atoms with Crippen LogP contribution in [0.4, 0.5) is 20.2 Å². The average molecular weight is 257 g/mol. The highest BCUT2D eigenvalue weighted by Gasteiger charge is 2.11. The Hall–Kier alpha value is -1.36. The smallest absolute Gasteiger partial charge is 0.183 e. The summed E-state index contributed by atoms with van der Waals surface area (Å²) < 4.78 is 26.5. The molecule has 0 radical (unpaired) electrons. The van der Waals surface area contributed by atoms with E-state index in [0.717, 1.165) is 32.1 Å². The molecule has 5 heteroatoms. The first kappa shape index (κ1) is 14.7. The van der Waals surface area contributed by atoms with E-state index in [-0.39, 0.29) is 11.4 Å². The molecule has 3 N–H and O–H groups in total. The molecule has 0 unspecified atom stereocenters. The maximum atomic E-state index is 13.5. The van der Waals surface area contributed by atoms with E-state index in [2.05, 4.69) is 24.1 Å². The number of nitrogens with two attached hydrogens (primary N) is 1. The number of hydrogen-bond acceptors (Lipinski definition) is 3. The zero-order chi connectivity index (χ0) is 13.5. The molecular formula is C13H21F2N3. The molecule has 3 nitrogen and oxygen atoms in total. The molecule has 0 aliphatic heterocycles. The maximum Gasteiger partial charge on any atom is 0.183 e. The second-order valence-corrected chi connectivity index (χ2v) is 4.19. The first-order valence-corrected chi connectivity index (χ1v) is 6.29. The highest BCUT2D eigenvalue weighted by atomic mass is 19.2.